The van der Waals surface area contributed by atoms with Crippen LogP contribution in [0.2, 0.25) is 0 Å². The molecule has 1 N–H and O–H groups in total. The Balaban J connectivity index is 1.60. The van der Waals surface area contributed by atoms with Gasteiger partial charge in [0.25, 0.3) is 0 Å². The molecule has 26 heavy (non-hydrogen) atoms. The van der Waals surface area contributed by atoms with Crippen molar-refractivity contribution in [3.63, 3.8) is 0 Å². The number of hydrogen-bond donors (Lipinski definition) is 1. The smallest absolute Gasteiger partial charge is 0.225 e. The Bertz CT molecular complexity index is 716. The quantitative estimate of drug-likeness (QED) is 0.843. The summed E-state index contributed by atoms with van der Waals surface area (Å²) in [6.07, 6.45) is 2.71. The molecule has 1 aliphatic heterocycles. The van der Waals surface area contributed by atoms with Crippen LogP contribution in [0.15, 0.2) is 30.3 Å². The fourth-order valence-electron chi connectivity index (χ4n) is 3.10. The fraction of sp³-hybridized carbons (Fsp3) is 0.550. The molecule has 1 aromatic carbocycles. The molecule has 0 radical (unpaired) electrons. The molecule has 0 spiro atoms. The Kier molecular flexibility index (Phi) is 6.25. The van der Waals surface area contributed by atoms with Crippen LogP contribution in [0.1, 0.15) is 45.0 Å². The molecule has 0 aliphatic carbocycles. The Morgan fingerprint density at radius 1 is 1.31 bits per heavy atom. The number of nitrogens with one attached hydrogen (secondary N) is 1. The molecule has 1 saturated heterocycles. The van der Waals surface area contributed by atoms with Crippen molar-refractivity contribution < 1.29 is 4.79 Å². The second kappa shape index (κ2) is 8.62. The highest BCUT2D eigenvalue weighted by atomic mass is 32.1. The monoisotopic (exact) mass is 372 g/mol. The summed E-state index contributed by atoms with van der Waals surface area (Å²) in [6.45, 7) is 8.02. The van der Waals surface area contributed by atoms with Crippen LogP contribution in [0.3, 0.4) is 0 Å². The van der Waals surface area contributed by atoms with Crippen LogP contribution < -0.4 is 10.2 Å². The van der Waals surface area contributed by atoms with Crippen molar-refractivity contribution in [1.29, 1.82) is 0 Å². The molecule has 1 amide bonds. The van der Waals surface area contributed by atoms with E-state index in [0.29, 0.717) is 5.92 Å². The van der Waals surface area contributed by atoms with Crippen LogP contribution in [-0.4, -0.2) is 34.4 Å². The number of amides is 1. The number of piperidine rings is 1. The van der Waals surface area contributed by atoms with Gasteiger partial charge in [0, 0.05) is 37.1 Å². The van der Waals surface area contributed by atoms with E-state index in [-0.39, 0.29) is 17.9 Å². The van der Waals surface area contributed by atoms with Gasteiger partial charge in [-0.3, -0.25) is 4.79 Å². The zero-order valence-corrected chi connectivity index (χ0v) is 16.6. The van der Waals surface area contributed by atoms with Crippen LogP contribution in [0, 0.1) is 11.8 Å². The van der Waals surface area contributed by atoms with Crippen LogP contribution in [0.25, 0.3) is 0 Å². The summed E-state index contributed by atoms with van der Waals surface area (Å²) in [6, 6.07) is 10.5. The van der Waals surface area contributed by atoms with Crippen LogP contribution in [0.4, 0.5) is 5.13 Å². The lowest BCUT2D eigenvalue weighted by molar-refractivity contribution is -0.126. The molecule has 6 heteroatoms. The van der Waals surface area contributed by atoms with Crippen molar-refractivity contribution in [2.45, 2.75) is 46.1 Å². The first-order valence-electron chi connectivity index (χ1n) is 9.44. The summed E-state index contributed by atoms with van der Waals surface area (Å²) in [5.41, 5.74) is 1.22. The first-order chi connectivity index (χ1) is 12.5. The highest BCUT2D eigenvalue weighted by molar-refractivity contribution is 7.09. The van der Waals surface area contributed by atoms with Gasteiger partial charge in [0.1, 0.15) is 5.82 Å². The third kappa shape index (κ3) is 4.81. The number of rotatable bonds is 6. The summed E-state index contributed by atoms with van der Waals surface area (Å²) < 4.78 is 4.52. The molecule has 5 nitrogen and oxygen atoms in total. The molecule has 0 bridgehead atoms. The van der Waals surface area contributed by atoms with E-state index in [1.165, 1.54) is 17.1 Å². The van der Waals surface area contributed by atoms with Gasteiger partial charge < -0.3 is 10.2 Å². The van der Waals surface area contributed by atoms with E-state index >= 15 is 0 Å². The van der Waals surface area contributed by atoms with Gasteiger partial charge >= 0.3 is 0 Å². The van der Waals surface area contributed by atoms with E-state index in [2.05, 4.69) is 47.5 Å². The van der Waals surface area contributed by atoms with Gasteiger partial charge in [-0.25, -0.2) is 4.98 Å². The maximum Gasteiger partial charge on any atom is 0.225 e. The molecule has 1 aromatic heterocycles. The van der Waals surface area contributed by atoms with Gasteiger partial charge in [-0.05, 0) is 31.2 Å². The lowest BCUT2D eigenvalue weighted by Gasteiger charge is -2.32. The predicted octanol–water partition coefficient (Wildman–Crippen LogP) is 3.51. The highest BCUT2D eigenvalue weighted by Crippen LogP contribution is 2.25. The summed E-state index contributed by atoms with van der Waals surface area (Å²) >= 11 is 1.44. The summed E-state index contributed by atoms with van der Waals surface area (Å²) in [5.74, 6) is 1.51. The van der Waals surface area contributed by atoms with Crippen LogP contribution >= 0.6 is 11.5 Å². The molecule has 2 atom stereocenters. The number of aromatic nitrogens is 2. The summed E-state index contributed by atoms with van der Waals surface area (Å²) in [4.78, 5) is 19.5. The number of carbonyl (C=O) groups is 1. The molecule has 140 valence electrons. The molecule has 2 heterocycles. The Hall–Kier alpha value is -1.95. The molecule has 2 aromatic rings. The SMILES string of the molecule is CC(C)C(C)NC(=O)C1CCCN(c2nc(Cc3ccccc3)ns2)C1. The number of nitrogens with zero attached hydrogens (tertiary/aromatic N) is 3. The molecule has 1 aliphatic rings. The normalized spacial score (nSPS) is 18.8. The zero-order chi connectivity index (χ0) is 18.5. The van der Waals surface area contributed by atoms with Crippen molar-refractivity contribution in [3.8, 4) is 0 Å². The molecular weight excluding hydrogens is 344 g/mol. The van der Waals surface area contributed by atoms with E-state index in [4.69, 9.17) is 4.98 Å². The first-order valence-corrected chi connectivity index (χ1v) is 10.2. The molecule has 2 unspecified atom stereocenters. The fourth-order valence-corrected chi connectivity index (χ4v) is 3.82. The third-order valence-electron chi connectivity index (χ3n) is 5.10. The van der Waals surface area contributed by atoms with E-state index in [1.54, 1.807) is 0 Å². The number of carbonyl (C=O) groups excluding carboxylic acids is 1. The standard InChI is InChI=1S/C20H28N4OS/c1-14(2)15(3)21-19(25)17-10-7-11-24(13-17)20-22-18(23-26-20)12-16-8-5-4-6-9-16/h4-6,8-9,14-15,17H,7,10-13H2,1-3H3,(H,21,25). The van der Waals surface area contributed by atoms with Gasteiger partial charge in [0.05, 0.1) is 5.92 Å². The maximum atomic E-state index is 12.6. The van der Waals surface area contributed by atoms with Crippen molar-refractivity contribution in [3.05, 3.63) is 41.7 Å². The van der Waals surface area contributed by atoms with E-state index in [9.17, 15) is 4.79 Å². The first kappa shape index (κ1) is 18.8. The Morgan fingerprint density at radius 2 is 2.08 bits per heavy atom. The van der Waals surface area contributed by atoms with Gasteiger partial charge in [0.15, 0.2) is 0 Å². The van der Waals surface area contributed by atoms with Gasteiger partial charge in [-0.1, -0.05) is 44.2 Å². The van der Waals surface area contributed by atoms with E-state index < -0.39 is 0 Å². The summed E-state index contributed by atoms with van der Waals surface area (Å²) in [5, 5.41) is 4.10. The van der Waals surface area contributed by atoms with Gasteiger partial charge in [-0.15, -0.1) is 0 Å². The lowest BCUT2D eigenvalue weighted by Crippen LogP contribution is -2.46. The van der Waals surface area contributed by atoms with Crippen molar-refractivity contribution in [1.82, 2.24) is 14.7 Å². The molecular formula is C20H28N4OS. The third-order valence-corrected chi connectivity index (χ3v) is 5.91. The number of hydrogen-bond acceptors (Lipinski definition) is 5. The Morgan fingerprint density at radius 3 is 2.81 bits per heavy atom. The van der Waals surface area contributed by atoms with Crippen LogP contribution in [-0.2, 0) is 11.2 Å². The van der Waals surface area contributed by atoms with E-state index in [1.807, 2.05) is 18.2 Å². The van der Waals surface area contributed by atoms with E-state index in [0.717, 1.165) is 43.3 Å². The largest absolute Gasteiger partial charge is 0.353 e. The Labute approximate surface area is 160 Å². The van der Waals surface area contributed by atoms with Crippen LogP contribution in [0.5, 0.6) is 0 Å². The minimum absolute atomic E-state index is 0.0337. The predicted molar refractivity (Wildman–Crippen MR) is 107 cm³/mol. The number of benzene rings is 1. The van der Waals surface area contributed by atoms with Crippen molar-refractivity contribution in [2.75, 3.05) is 18.0 Å². The highest BCUT2D eigenvalue weighted by Gasteiger charge is 2.28. The summed E-state index contributed by atoms with van der Waals surface area (Å²) in [7, 11) is 0. The number of anilines is 1. The van der Waals surface area contributed by atoms with Gasteiger partial charge in [0.2, 0.25) is 11.0 Å². The average Bonchev–Trinajstić information content (AvgIpc) is 3.11. The minimum atomic E-state index is 0.0337. The van der Waals surface area contributed by atoms with Crippen molar-refractivity contribution in [2.24, 2.45) is 11.8 Å². The second-order valence-electron chi connectivity index (χ2n) is 7.48. The second-order valence-corrected chi connectivity index (χ2v) is 8.21. The topological polar surface area (TPSA) is 58.1 Å². The lowest BCUT2D eigenvalue weighted by atomic mass is 9.96. The maximum absolute atomic E-state index is 12.6. The van der Waals surface area contributed by atoms with Crippen molar-refractivity contribution >= 4 is 22.6 Å². The van der Waals surface area contributed by atoms with Gasteiger partial charge in [-0.2, -0.15) is 4.37 Å². The average molecular weight is 373 g/mol. The molecule has 3 rings (SSSR count). The minimum Gasteiger partial charge on any atom is -0.353 e. The molecule has 0 saturated carbocycles. The zero-order valence-electron chi connectivity index (χ0n) is 15.8. The molecule has 1 fully saturated rings.